The first-order chi connectivity index (χ1) is 14.1. The van der Waals surface area contributed by atoms with Crippen molar-refractivity contribution in [2.24, 2.45) is 0 Å². The number of carbonyl (C=O) groups excluding carboxylic acids is 3. The molecule has 0 saturated carbocycles. The summed E-state index contributed by atoms with van der Waals surface area (Å²) in [6.07, 6.45) is -0.0536. The van der Waals surface area contributed by atoms with E-state index in [4.69, 9.17) is 9.47 Å². The summed E-state index contributed by atoms with van der Waals surface area (Å²) in [6.45, 7) is 7.77. The summed E-state index contributed by atoms with van der Waals surface area (Å²) in [6, 6.07) is 12.8. The highest BCUT2D eigenvalue weighted by Crippen LogP contribution is 2.25. The number of rotatable bonds is 8. The van der Waals surface area contributed by atoms with Gasteiger partial charge < -0.3 is 14.8 Å². The Bertz CT molecular complexity index is 910. The summed E-state index contributed by atoms with van der Waals surface area (Å²) < 4.78 is 10.2. The van der Waals surface area contributed by atoms with Crippen LogP contribution in [0.3, 0.4) is 0 Å². The van der Waals surface area contributed by atoms with E-state index >= 15 is 0 Å². The zero-order chi connectivity index (χ0) is 22.3. The smallest absolute Gasteiger partial charge is 0.306 e. The molecule has 30 heavy (non-hydrogen) atoms. The van der Waals surface area contributed by atoms with E-state index in [1.54, 1.807) is 24.3 Å². The molecular formula is C24H29NO5. The van der Waals surface area contributed by atoms with E-state index in [0.29, 0.717) is 17.0 Å². The molecule has 0 fully saturated rings. The van der Waals surface area contributed by atoms with E-state index in [-0.39, 0.29) is 24.0 Å². The molecule has 0 radical (unpaired) electrons. The molecule has 6 heteroatoms. The maximum absolute atomic E-state index is 12.3. The van der Waals surface area contributed by atoms with Gasteiger partial charge in [-0.25, -0.2) is 0 Å². The number of ketones is 1. The van der Waals surface area contributed by atoms with Crippen LogP contribution < -0.4 is 10.1 Å². The average Bonchev–Trinajstić information content (AvgIpc) is 2.70. The van der Waals surface area contributed by atoms with Crippen molar-refractivity contribution in [3.8, 4) is 5.75 Å². The highest BCUT2D eigenvalue weighted by atomic mass is 16.5. The van der Waals surface area contributed by atoms with Crippen LogP contribution in [-0.4, -0.2) is 31.4 Å². The van der Waals surface area contributed by atoms with Crippen LogP contribution in [0.2, 0.25) is 0 Å². The molecule has 1 N–H and O–H groups in total. The fourth-order valence-corrected chi connectivity index (χ4v) is 2.84. The second-order valence-corrected chi connectivity index (χ2v) is 8.16. The molecule has 1 amide bonds. The second kappa shape index (κ2) is 10.1. The van der Waals surface area contributed by atoms with Gasteiger partial charge in [-0.05, 0) is 35.6 Å². The fraction of sp³-hybridized carbons (Fsp3) is 0.375. The Kier molecular flexibility index (Phi) is 7.75. The predicted molar refractivity (Wildman–Crippen MR) is 116 cm³/mol. The number of hydrogen-bond donors (Lipinski definition) is 1. The van der Waals surface area contributed by atoms with Gasteiger partial charge in [-0.1, -0.05) is 51.1 Å². The Morgan fingerprint density at radius 2 is 1.63 bits per heavy atom. The minimum absolute atomic E-state index is 0.00835. The van der Waals surface area contributed by atoms with Crippen molar-refractivity contribution < 1.29 is 23.9 Å². The van der Waals surface area contributed by atoms with Gasteiger partial charge in [0.2, 0.25) is 0 Å². The molecule has 0 bridgehead atoms. The number of nitrogens with one attached hydrogen (secondary N) is 1. The third-order valence-electron chi connectivity index (χ3n) is 4.62. The van der Waals surface area contributed by atoms with Crippen LogP contribution in [0.4, 0.5) is 5.69 Å². The molecule has 0 atom stereocenters. The Hall–Kier alpha value is -3.15. The third kappa shape index (κ3) is 6.72. The van der Waals surface area contributed by atoms with Crippen LogP contribution in [0, 0.1) is 6.92 Å². The van der Waals surface area contributed by atoms with Crippen LogP contribution >= 0.6 is 0 Å². The quantitative estimate of drug-likeness (QED) is 0.513. The maximum atomic E-state index is 12.3. The molecule has 2 aromatic carbocycles. The van der Waals surface area contributed by atoms with Crippen molar-refractivity contribution >= 4 is 23.3 Å². The van der Waals surface area contributed by atoms with Gasteiger partial charge in [0.1, 0.15) is 5.75 Å². The minimum Gasteiger partial charge on any atom is -0.495 e. The average molecular weight is 411 g/mol. The SMILES string of the molecule is COc1ccc(C)cc1NC(=O)COC(=O)CCC(=O)c1ccc(C(C)(C)C)cc1. The number of Topliss-reactive ketones (excluding diaryl/α,β-unsaturated/α-hetero) is 1. The van der Waals surface area contributed by atoms with Gasteiger partial charge in [-0.2, -0.15) is 0 Å². The molecule has 0 saturated heterocycles. The summed E-state index contributed by atoms with van der Waals surface area (Å²) in [5, 5.41) is 2.66. The molecule has 2 aromatic rings. The molecular weight excluding hydrogens is 382 g/mol. The number of hydrogen-bond acceptors (Lipinski definition) is 5. The van der Waals surface area contributed by atoms with Crippen LogP contribution in [0.5, 0.6) is 5.75 Å². The number of aryl methyl sites for hydroxylation is 1. The molecule has 0 aliphatic heterocycles. The van der Waals surface area contributed by atoms with Crippen LogP contribution in [-0.2, 0) is 19.7 Å². The highest BCUT2D eigenvalue weighted by molar-refractivity contribution is 5.98. The number of esters is 1. The topological polar surface area (TPSA) is 81.7 Å². The molecule has 2 rings (SSSR count). The molecule has 0 aliphatic carbocycles. The Labute approximate surface area is 177 Å². The van der Waals surface area contributed by atoms with Gasteiger partial charge in [0.25, 0.3) is 5.91 Å². The second-order valence-electron chi connectivity index (χ2n) is 8.16. The summed E-state index contributed by atoms with van der Waals surface area (Å²) in [5.41, 5.74) is 3.16. The van der Waals surface area contributed by atoms with Gasteiger partial charge in [-0.15, -0.1) is 0 Å². The van der Waals surface area contributed by atoms with Gasteiger partial charge in [-0.3, -0.25) is 14.4 Å². The number of methoxy groups -OCH3 is 1. The monoisotopic (exact) mass is 411 g/mol. The van der Waals surface area contributed by atoms with Gasteiger partial charge >= 0.3 is 5.97 Å². The fourth-order valence-electron chi connectivity index (χ4n) is 2.84. The molecule has 0 spiro atoms. The number of benzene rings is 2. The van der Waals surface area contributed by atoms with Crippen molar-refractivity contribution in [3.05, 3.63) is 59.2 Å². The lowest BCUT2D eigenvalue weighted by atomic mass is 9.86. The minimum atomic E-state index is -0.596. The zero-order valence-corrected chi connectivity index (χ0v) is 18.2. The lowest BCUT2D eigenvalue weighted by molar-refractivity contribution is -0.147. The van der Waals surface area contributed by atoms with Gasteiger partial charge in [0, 0.05) is 12.0 Å². The van der Waals surface area contributed by atoms with Crippen LogP contribution in [0.1, 0.15) is 55.1 Å². The summed E-state index contributed by atoms with van der Waals surface area (Å²) >= 11 is 0. The Morgan fingerprint density at radius 3 is 2.23 bits per heavy atom. The Morgan fingerprint density at radius 1 is 0.967 bits per heavy atom. The zero-order valence-electron chi connectivity index (χ0n) is 18.2. The standard InChI is InChI=1S/C24H29NO5/c1-16-6-12-21(29-5)19(14-16)25-22(27)15-30-23(28)13-11-20(26)17-7-9-18(10-8-17)24(2,3)4/h6-10,12,14H,11,13,15H2,1-5H3,(H,25,27). The molecule has 0 heterocycles. The van der Waals surface area contributed by atoms with E-state index in [1.165, 1.54) is 7.11 Å². The van der Waals surface area contributed by atoms with Crippen molar-refractivity contribution in [1.29, 1.82) is 0 Å². The van der Waals surface area contributed by atoms with E-state index in [9.17, 15) is 14.4 Å². The van der Waals surface area contributed by atoms with Gasteiger partial charge in [0.05, 0.1) is 19.2 Å². The highest BCUT2D eigenvalue weighted by Gasteiger charge is 2.16. The molecule has 0 unspecified atom stereocenters. The third-order valence-corrected chi connectivity index (χ3v) is 4.62. The first-order valence-electron chi connectivity index (χ1n) is 9.84. The Balaban J connectivity index is 1.80. The van der Waals surface area contributed by atoms with E-state index in [1.807, 2.05) is 25.1 Å². The van der Waals surface area contributed by atoms with E-state index in [2.05, 4.69) is 26.1 Å². The van der Waals surface area contributed by atoms with E-state index < -0.39 is 18.5 Å². The lowest BCUT2D eigenvalue weighted by Crippen LogP contribution is -2.21. The number of anilines is 1. The van der Waals surface area contributed by atoms with E-state index in [0.717, 1.165) is 11.1 Å². The first-order valence-corrected chi connectivity index (χ1v) is 9.84. The number of ether oxygens (including phenoxy) is 2. The maximum Gasteiger partial charge on any atom is 0.306 e. The number of amides is 1. The van der Waals surface area contributed by atoms with Gasteiger partial charge in [0.15, 0.2) is 12.4 Å². The van der Waals surface area contributed by atoms with Crippen molar-refractivity contribution in [3.63, 3.8) is 0 Å². The molecule has 6 nitrogen and oxygen atoms in total. The number of carbonyl (C=O) groups is 3. The lowest BCUT2D eigenvalue weighted by Gasteiger charge is -2.18. The van der Waals surface area contributed by atoms with Crippen molar-refractivity contribution in [2.45, 2.75) is 46.0 Å². The summed E-state index contributed by atoms with van der Waals surface area (Å²) in [7, 11) is 1.51. The normalized spacial score (nSPS) is 11.0. The molecule has 160 valence electrons. The van der Waals surface area contributed by atoms with Crippen molar-refractivity contribution in [1.82, 2.24) is 0 Å². The van der Waals surface area contributed by atoms with Crippen LogP contribution in [0.25, 0.3) is 0 Å². The summed E-state index contributed by atoms with van der Waals surface area (Å²) in [4.78, 5) is 36.3. The first kappa shape index (κ1) is 23.1. The van der Waals surface area contributed by atoms with Crippen LogP contribution in [0.15, 0.2) is 42.5 Å². The predicted octanol–water partition coefficient (Wildman–Crippen LogP) is 4.45. The summed E-state index contributed by atoms with van der Waals surface area (Å²) in [5.74, 6) is -0.693. The van der Waals surface area contributed by atoms with Crippen molar-refractivity contribution in [2.75, 3.05) is 19.0 Å². The largest absolute Gasteiger partial charge is 0.495 e. The molecule has 0 aliphatic rings. The molecule has 0 aromatic heterocycles.